The topological polar surface area (TPSA) is 108 Å². The van der Waals surface area contributed by atoms with Crippen molar-refractivity contribution in [3.8, 4) is 5.75 Å². The summed E-state index contributed by atoms with van der Waals surface area (Å²) in [6.45, 7) is 5.16. The number of hydrogen-bond donors (Lipinski definition) is 0. The average Bonchev–Trinajstić information content (AvgIpc) is 3.26. The molecule has 1 atom stereocenters. The molecule has 0 radical (unpaired) electrons. The number of carbonyl (C=O) groups excluding carboxylic acids is 3. The Labute approximate surface area is 214 Å². The van der Waals surface area contributed by atoms with E-state index in [1.807, 2.05) is 0 Å². The van der Waals surface area contributed by atoms with Crippen molar-refractivity contribution in [3.05, 3.63) is 71.6 Å². The Morgan fingerprint density at radius 3 is 2.13 bits per heavy atom. The lowest BCUT2D eigenvalue weighted by atomic mass is 10.1. The highest BCUT2D eigenvalue weighted by atomic mass is 19.2. The van der Waals surface area contributed by atoms with E-state index in [0.717, 1.165) is 12.1 Å². The van der Waals surface area contributed by atoms with Gasteiger partial charge in [0.2, 0.25) is 5.84 Å². The van der Waals surface area contributed by atoms with Crippen LogP contribution in [0, 0.1) is 23.3 Å². The molecule has 202 valence electrons. The zero-order valence-electron chi connectivity index (χ0n) is 20.8. The summed E-state index contributed by atoms with van der Waals surface area (Å²) in [6, 6.07) is 4.61. The molecule has 1 heterocycles. The predicted molar refractivity (Wildman–Crippen MR) is 125 cm³/mol. The predicted octanol–water partition coefficient (Wildman–Crippen LogP) is 4.25. The fourth-order valence-corrected chi connectivity index (χ4v) is 3.50. The Morgan fingerprint density at radius 1 is 1.03 bits per heavy atom. The minimum atomic E-state index is -1.92. The van der Waals surface area contributed by atoms with E-state index in [0.29, 0.717) is 0 Å². The summed E-state index contributed by atoms with van der Waals surface area (Å²) < 4.78 is 63.8. The molecule has 2 aromatic carbocycles. The maximum Gasteiger partial charge on any atom is 0.410 e. The van der Waals surface area contributed by atoms with E-state index in [1.165, 1.54) is 36.5 Å². The number of nitrogens with zero attached hydrogens (tertiary/aromatic N) is 3. The van der Waals surface area contributed by atoms with Crippen LogP contribution in [0.4, 0.5) is 32.8 Å². The number of amides is 2. The van der Waals surface area contributed by atoms with E-state index >= 15 is 0 Å². The van der Waals surface area contributed by atoms with Crippen LogP contribution in [-0.2, 0) is 4.74 Å². The molecule has 0 saturated carbocycles. The van der Waals surface area contributed by atoms with Gasteiger partial charge in [0.05, 0.1) is 12.6 Å². The lowest BCUT2D eigenvalue weighted by Gasteiger charge is -2.32. The van der Waals surface area contributed by atoms with Crippen LogP contribution in [0.5, 0.6) is 5.75 Å². The molecule has 13 heteroatoms. The molecule has 1 aliphatic rings. The highest BCUT2D eigenvalue weighted by Gasteiger charge is 2.41. The van der Waals surface area contributed by atoms with Crippen molar-refractivity contribution >= 4 is 29.7 Å². The zero-order chi connectivity index (χ0) is 28.4. The summed E-state index contributed by atoms with van der Waals surface area (Å²) in [6.07, 6.45) is 0.280. The number of carboxylic acid groups (broad SMARTS) is 1. The standard InChI is InChI=1S/C25H23F4N3O6/c1-25(2,3)38-23(34)31(4)11-9-18-30-10-12-32(18,24(35)36)14-5-7-15(8-6-14)37-22(33)19-20(28)16(26)13-17(27)21(19)29/h5-8,10,12-13H,9,11H2,1-4H3. The van der Waals surface area contributed by atoms with Crippen LogP contribution >= 0.6 is 0 Å². The Morgan fingerprint density at radius 2 is 1.61 bits per heavy atom. The SMILES string of the molecule is CN(CCC1=NC=C[N+]1(C(=O)[O-])c1ccc(OC(=O)c2c(F)c(F)cc(F)c2F)cc1)C(=O)OC(C)(C)C. The average molecular weight is 537 g/mol. The number of carbonyl (C=O) groups is 3. The minimum absolute atomic E-state index is 0.0111. The molecular weight excluding hydrogens is 514 g/mol. The van der Waals surface area contributed by atoms with Crippen LogP contribution in [-0.4, -0.2) is 48.1 Å². The fraction of sp³-hybridized carbons (Fsp3) is 0.280. The van der Waals surface area contributed by atoms with Gasteiger partial charge >= 0.3 is 12.1 Å². The number of aliphatic imine (C=N–C) groups is 1. The Balaban J connectivity index is 1.80. The quantitative estimate of drug-likeness (QED) is 0.179. The molecule has 2 aromatic rings. The van der Waals surface area contributed by atoms with Gasteiger partial charge in [0.15, 0.2) is 23.3 Å². The van der Waals surface area contributed by atoms with Crippen molar-refractivity contribution in [1.29, 1.82) is 0 Å². The Hall–Kier alpha value is -4.26. The summed E-state index contributed by atoms with van der Waals surface area (Å²) in [4.78, 5) is 42.1. The largest absolute Gasteiger partial charge is 0.497 e. The zero-order valence-corrected chi connectivity index (χ0v) is 20.8. The lowest BCUT2D eigenvalue weighted by Crippen LogP contribution is -2.59. The molecule has 0 saturated heterocycles. The number of esters is 1. The molecule has 1 unspecified atom stereocenters. The first-order valence-electron chi connectivity index (χ1n) is 11.1. The third-order valence-electron chi connectivity index (χ3n) is 5.36. The van der Waals surface area contributed by atoms with E-state index in [4.69, 9.17) is 9.47 Å². The maximum absolute atomic E-state index is 13.9. The summed E-state index contributed by atoms with van der Waals surface area (Å²) in [5, 5.41) is 12.3. The summed E-state index contributed by atoms with van der Waals surface area (Å²) in [5.74, 6) is -9.33. The number of quaternary nitrogens is 1. The summed E-state index contributed by atoms with van der Waals surface area (Å²) in [5.41, 5.74) is -2.21. The Bertz CT molecular complexity index is 1310. The second-order valence-corrected chi connectivity index (χ2v) is 9.21. The molecule has 2 amide bonds. The molecule has 0 fully saturated rings. The first-order chi connectivity index (χ1) is 17.7. The lowest BCUT2D eigenvalue weighted by molar-refractivity contribution is -0.257. The van der Waals surface area contributed by atoms with Crippen molar-refractivity contribution in [2.45, 2.75) is 32.8 Å². The monoisotopic (exact) mass is 537 g/mol. The smallest absolute Gasteiger partial charge is 0.410 e. The molecule has 1 aliphatic heterocycles. The summed E-state index contributed by atoms with van der Waals surface area (Å²) >= 11 is 0. The molecule has 9 nitrogen and oxygen atoms in total. The highest BCUT2D eigenvalue weighted by molar-refractivity contribution is 6.10. The van der Waals surface area contributed by atoms with Gasteiger partial charge in [-0.05, 0) is 32.9 Å². The minimum Gasteiger partial charge on any atom is -0.497 e. The second-order valence-electron chi connectivity index (χ2n) is 9.21. The van der Waals surface area contributed by atoms with Gasteiger partial charge < -0.3 is 24.3 Å². The third kappa shape index (κ3) is 5.67. The van der Waals surface area contributed by atoms with E-state index in [2.05, 4.69) is 4.99 Å². The summed E-state index contributed by atoms with van der Waals surface area (Å²) in [7, 11) is 1.48. The van der Waals surface area contributed by atoms with Gasteiger partial charge in [-0.1, -0.05) is 0 Å². The van der Waals surface area contributed by atoms with Gasteiger partial charge in [0.25, 0.3) is 6.09 Å². The van der Waals surface area contributed by atoms with Gasteiger partial charge in [-0.3, -0.25) is 0 Å². The van der Waals surface area contributed by atoms with Crippen molar-refractivity contribution in [1.82, 2.24) is 9.38 Å². The molecule has 0 spiro atoms. The molecule has 38 heavy (non-hydrogen) atoms. The molecule has 3 rings (SSSR count). The van der Waals surface area contributed by atoms with Gasteiger partial charge in [-0.15, -0.1) is 0 Å². The van der Waals surface area contributed by atoms with Crippen LogP contribution in [0.1, 0.15) is 37.6 Å². The number of hydrogen-bond acceptors (Lipinski definition) is 7. The highest BCUT2D eigenvalue weighted by Crippen LogP contribution is 2.32. The third-order valence-corrected chi connectivity index (χ3v) is 5.36. The van der Waals surface area contributed by atoms with Crippen molar-refractivity contribution < 1.29 is 46.5 Å². The van der Waals surface area contributed by atoms with Crippen molar-refractivity contribution in [2.24, 2.45) is 4.99 Å². The van der Waals surface area contributed by atoms with Gasteiger partial charge in [0, 0.05) is 31.8 Å². The number of ether oxygens (including phenoxy) is 2. The molecule has 0 aromatic heterocycles. The van der Waals surface area contributed by atoms with Gasteiger partial charge in [0.1, 0.15) is 28.8 Å². The van der Waals surface area contributed by atoms with E-state index in [-0.39, 0.29) is 36.3 Å². The molecule has 0 N–H and O–H groups in total. The van der Waals surface area contributed by atoms with Crippen LogP contribution in [0.2, 0.25) is 0 Å². The van der Waals surface area contributed by atoms with Crippen molar-refractivity contribution in [3.63, 3.8) is 0 Å². The number of benzene rings is 2. The van der Waals surface area contributed by atoms with Crippen LogP contribution < -0.4 is 14.3 Å². The Kier molecular flexibility index (Phi) is 7.91. The van der Waals surface area contributed by atoms with Crippen LogP contribution in [0.15, 0.2) is 47.7 Å². The van der Waals surface area contributed by atoms with Crippen LogP contribution in [0.3, 0.4) is 0 Å². The fourth-order valence-electron chi connectivity index (χ4n) is 3.50. The van der Waals surface area contributed by atoms with Crippen LogP contribution in [0.25, 0.3) is 0 Å². The van der Waals surface area contributed by atoms with Gasteiger partial charge in [-0.25, -0.2) is 32.1 Å². The van der Waals surface area contributed by atoms with E-state index in [1.54, 1.807) is 20.8 Å². The first kappa shape index (κ1) is 28.3. The number of amidine groups is 1. The van der Waals surface area contributed by atoms with E-state index < -0.39 is 57.1 Å². The normalized spacial score (nSPS) is 16.7. The van der Waals surface area contributed by atoms with E-state index in [9.17, 15) is 37.1 Å². The maximum atomic E-state index is 13.9. The van der Waals surface area contributed by atoms with Gasteiger partial charge in [-0.2, -0.15) is 4.48 Å². The molecule has 0 aliphatic carbocycles. The molecule has 0 bridgehead atoms. The van der Waals surface area contributed by atoms with Crippen molar-refractivity contribution in [2.75, 3.05) is 13.6 Å². The number of halogens is 4. The second kappa shape index (κ2) is 10.6. The molecular formula is C25H23F4N3O6. The number of rotatable bonds is 6. The first-order valence-corrected chi connectivity index (χ1v) is 11.1.